The molecular weight excluding hydrogens is 324 g/mol. The van der Waals surface area contributed by atoms with Crippen LogP contribution >= 0.6 is 11.3 Å². The van der Waals surface area contributed by atoms with Crippen LogP contribution < -0.4 is 5.32 Å². The van der Waals surface area contributed by atoms with Crippen LogP contribution in [-0.4, -0.2) is 60.3 Å². The number of nitrogens with zero attached hydrogens (tertiary/aromatic N) is 3. The maximum atomic E-state index is 12.1. The van der Waals surface area contributed by atoms with Crippen LogP contribution in [0.5, 0.6) is 0 Å². The van der Waals surface area contributed by atoms with Crippen LogP contribution in [0.1, 0.15) is 23.9 Å². The fourth-order valence-corrected chi connectivity index (χ4v) is 4.04. The third-order valence-corrected chi connectivity index (χ3v) is 5.38. The summed E-state index contributed by atoms with van der Waals surface area (Å²) in [4.78, 5) is 32.1. The van der Waals surface area contributed by atoms with Crippen LogP contribution in [0, 0.1) is 0 Å². The van der Waals surface area contributed by atoms with Crippen LogP contribution in [-0.2, 0) is 9.59 Å². The van der Waals surface area contributed by atoms with Crippen LogP contribution in [0.3, 0.4) is 0 Å². The Labute approximate surface area is 145 Å². The number of carbonyl (C=O) groups excluding carboxylic acids is 2. The topological polar surface area (TPSA) is 65.5 Å². The highest BCUT2D eigenvalue weighted by atomic mass is 32.1. The second-order valence-electron chi connectivity index (χ2n) is 6.21. The molecule has 1 fully saturated rings. The Balaban J connectivity index is 1.63. The molecule has 1 atom stereocenters. The summed E-state index contributed by atoms with van der Waals surface area (Å²) in [6.45, 7) is 1.24. The predicted octanol–water partition coefficient (Wildman–Crippen LogP) is 1.64. The van der Waals surface area contributed by atoms with Crippen LogP contribution in [0.15, 0.2) is 24.3 Å². The van der Waals surface area contributed by atoms with E-state index in [1.807, 2.05) is 18.2 Å². The first kappa shape index (κ1) is 16.9. The first-order valence-corrected chi connectivity index (χ1v) is 8.92. The van der Waals surface area contributed by atoms with E-state index in [4.69, 9.17) is 4.98 Å². The highest BCUT2D eigenvalue weighted by Crippen LogP contribution is 2.36. The molecule has 6 nitrogen and oxygen atoms in total. The fraction of sp³-hybridized carbons (Fsp3) is 0.471. The number of fused-ring (bicyclic) bond motifs is 1. The minimum Gasteiger partial charge on any atom is -0.347 e. The SMILES string of the molecule is CN(C)C(=O)CNC(=O)CN1CCC[C@@H]1c1nc2ccccc2s1. The Kier molecular flexibility index (Phi) is 5.11. The van der Waals surface area contributed by atoms with Gasteiger partial charge in [-0.2, -0.15) is 0 Å². The quantitative estimate of drug-likeness (QED) is 0.894. The van der Waals surface area contributed by atoms with Gasteiger partial charge in [0.05, 0.1) is 29.3 Å². The van der Waals surface area contributed by atoms with E-state index < -0.39 is 0 Å². The number of para-hydroxylation sites is 1. The number of thiazole rings is 1. The van der Waals surface area contributed by atoms with Gasteiger partial charge in [-0.05, 0) is 31.5 Å². The first-order chi connectivity index (χ1) is 11.5. The molecule has 0 unspecified atom stereocenters. The average molecular weight is 346 g/mol. The number of likely N-dealkylation sites (N-methyl/N-ethyl adjacent to an activating group) is 1. The summed E-state index contributed by atoms with van der Waals surface area (Å²) in [5.41, 5.74) is 1.02. The number of likely N-dealkylation sites (tertiary alicyclic amines) is 1. The summed E-state index contributed by atoms with van der Waals surface area (Å²) >= 11 is 1.70. The van der Waals surface area contributed by atoms with Crippen molar-refractivity contribution < 1.29 is 9.59 Å². The molecule has 2 heterocycles. The van der Waals surface area contributed by atoms with E-state index in [0.29, 0.717) is 6.54 Å². The second-order valence-corrected chi connectivity index (χ2v) is 7.28. The molecule has 128 valence electrons. The molecule has 1 aliphatic heterocycles. The van der Waals surface area contributed by atoms with E-state index in [0.717, 1.165) is 29.9 Å². The number of benzene rings is 1. The average Bonchev–Trinajstić information content (AvgIpc) is 3.18. The maximum Gasteiger partial charge on any atom is 0.241 e. The number of hydrogen-bond acceptors (Lipinski definition) is 5. The zero-order chi connectivity index (χ0) is 17.1. The standard InChI is InChI=1S/C17H22N4O2S/c1-20(2)16(23)10-18-15(22)11-21-9-5-7-13(21)17-19-12-6-3-4-8-14(12)24-17/h3-4,6,8,13H,5,7,9-11H2,1-2H3,(H,18,22)/t13-/m1/s1. The van der Waals surface area contributed by atoms with Gasteiger partial charge < -0.3 is 10.2 Å². The van der Waals surface area contributed by atoms with Gasteiger partial charge in [-0.1, -0.05) is 12.1 Å². The lowest BCUT2D eigenvalue weighted by Crippen LogP contribution is -2.41. The van der Waals surface area contributed by atoms with Crippen molar-refractivity contribution in [2.75, 3.05) is 33.7 Å². The van der Waals surface area contributed by atoms with E-state index in [9.17, 15) is 9.59 Å². The van der Waals surface area contributed by atoms with Gasteiger partial charge in [-0.15, -0.1) is 11.3 Å². The minimum absolute atomic E-state index is 0.0471. The number of amides is 2. The Morgan fingerprint density at radius 1 is 1.38 bits per heavy atom. The molecule has 0 aliphatic carbocycles. The molecule has 1 aliphatic rings. The van der Waals surface area contributed by atoms with E-state index in [1.54, 1.807) is 25.4 Å². The normalized spacial score (nSPS) is 18.0. The predicted molar refractivity (Wildman–Crippen MR) is 94.9 cm³/mol. The summed E-state index contributed by atoms with van der Waals surface area (Å²) in [5, 5.41) is 3.78. The van der Waals surface area contributed by atoms with Crippen molar-refractivity contribution >= 4 is 33.4 Å². The van der Waals surface area contributed by atoms with E-state index >= 15 is 0 Å². The van der Waals surface area contributed by atoms with Crippen molar-refractivity contribution in [3.8, 4) is 0 Å². The molecule has 0 bridgehead atoms. The molecule has 7 heteroatoms. The lowest BCUT2D eigenvalue weighted by molar-refractivity contribution is -0.131. The Bertz CT molecular complexity index is 710. The number of aromatic nitrogens is 1. The molecule has 2 amide bonds. The van der Waals surface area contributed by atoms with Crippen LogP contribution in [0.25, 0.3) is 10.2 Å². The van der Waals surface area contributed by atoms with Gasteiger partial charge in [0.15, 0.2) is 0 Å². The highest BCUT2D eigenvalue weighted by molar-refractivity contribution is 7.18. The van der Waals surface area contributed by atoms with Crippen molar-refractivity contribution in [3.05, 3.63) is 29.3 Å². The minimum atomic E-state index is -0.113. The Hall–Kier alpha value is -1.99. The highest BCUT2D eigenvalue weighted by Gasteiger charge is 2.30. The molecule has 1 saturated heterocycles. The van der Waals surface area contributed by atoms with Crippen molar-refractivity contribution in [2.45, 2.75) is 18.9 Å². The summed E-state index contributed by atoms with van der Waals surface area (Å²) < 4.78 is 1.18. The summed E-state index contributed by atoms with van der Waals surface area (Å²) in [5.74, 6) is -0.217. The number of carbonyl (C=O) groups is 2. The van der Waals surface area contributed by atoms with Crippen molar-refractivity contribution in [1.29, 1.82) is 0 Å². The summed E-state index contributed by atoms with van der Waals surface area (Å²) in [6.07, 6.45) is 2.08. The van der Waals surface area contributed by atoms with Crippen molar-refractivity contribution in [1.82, 2.24) is 20.1 Å². The van der Waals surface area contributed by atoms with Crippen LogP contribution in [0.2, 0.25) is 0 Å². The van der Waals surface area contributed by atoms with Crippen molar-refractivity contribution in [2.24, 2.45) is 0 Å². The van der Waals surface area contributed by atoms with Gasteiger partial charge in [0.2, 0.25) is 11.8 Å². The lowest BCUT2D eigenvalue weighted by atomic mass is 10.2. The Morgan fingerprint density at radius 2 is 2.17 bits per heavy atom. The van der Waals surface area contributed by atoms with Gasteiger partial charge in [-0.25, -0.2) is 4.98 Å². The summed E-state index contributed by atoms with van der Waals surface area (Å²) in [6, 6.07) is 8.31. The first-order valence-electron chi connectivity index (χ1n) is 8.11. The molecule has 0 radical (unpaired) electrons. The fourth-order valence-electron chi connectivity index (χ4n) is 2.90. The van der Waals surface area contributed by atoms with Crippen molar-refractivity contribution in [3.63, 3.8) is 0 Å². The molecule has 0 saturated carbocycles. The van der Waals surface area contributed by atoms with E-state index in [-0.39, 0.29) is 24.4 Å². The zero-order valence-electron chi connectivity index (χ0n) is 14.0. The second kappa shape index (κ2) is 7.27. The molecule has 1 N–H and O–H groups in total. The Morgan fingerprint density at radius 3 is 2.92 bits per heavy atom. The number of nitrogens with one attached hydrogen (secondary N) is 1. The van der Waals surface area contributed by atoms with Crippen LogP contribution in [0.4, 0.5) is 0 Å². The molecule has 1 aromatic carbocycles. The zero-order valence-corrected chi connectivity index (χ0v) is 14.8. The van der Waals surface area contributed by atoms with Gasteiger partial charge in [0.1, 0.15) is 5.01 Å². The van der Waals surface area contributed by atoms with E-state index in [1.165, 1.54) is 9.60 Å². The number of hydrogen-bond donors (Lipinski definition) is 1. The lowest BCUT2D eigenvalue weighted by Gasteiger charge is -2.22. The maximum absolute atomic E-state index is 12.1. The van der Waals surface area contributed by atoms with Gasteiger partial charge in [-0.3, -0.25) is 14.5 Å². The monoisotopic (exact) mass is 346 g/mol. The largest absolute Gasteiger partial charge is 0.347 e. The smallest absolute Gasteiger partial charge is 0.241 e. The van der Waals surface area contributed by atoms with E-state index in [2.05, 4.69) is 16.3 Å². The molecular formula is C17H22N4O2S. The third kappa shape index (κ3) is 3.73. The molecule has 1 aromatic heterocycles. The summed E-state index contributed by atoms with van der Waals surface area (Å²) in [7, 11) is 3.36. The molecule has 3 rings (SSSR count). The van der Waals surface area contributed by atoms with Gasteiger partial charge in [0.25, 0.3) is 0 Å². The number of rotatable bonds is 5. The van der Waals surface area contributed by atoms with Gasteiger partial charge >= 0.3 is 0 Å². The molecule has 24 heavy (non-hydrogen) atoms. The molecule has 2 aromatic rings. The third-order valence-electron chi connectivity index (χ3n) is 4.24. The van der Waals surface area contributed by atoms with Gasteiger partial charge in [0, 0.05) is 14.1 Å². The molecule has 0 spiro atoms.